The Bertz CT molecular complexity index is 530. The normalized spacial score (nSPS) is 22.3. The standard InChI is InChI=1S/C16H22ClN3O/c17-14-8-11(9-19-13-4-5-13)3-6-15(14)20-7-1-2-12(10-20)16(18)21/h3,6,8,12-13,19H,1-2,4-5,7,9-10H2,(H2,18,21). The summed E-state index contributed by atoms with van der Waals surface area (Å²) in [6.45, 7) is 2.48. The lowest BCUT2D eigenvalue weighted by atomic mass is 9.97. The molecular formula is C16H22ClN3O. The van der Waals surface area contributed by atoms with E-state index in [1.807, 2.05) is 6.07 Å². The molecule has 21 heavy (non-hydrogen) atoms. The molecule has 5 heteroatoms. The number of halogens is 1. The molecule has 1 amide bonds. The van der Waals surface area contributed by atoms with Gasteiger partial charge >= 0.3 is 0 Å². The van der Waals surface area contributed by atoms with E-state index in [0.29, 0.717) is 12.6 Å². The van der Waals surface area contributed by atoms with Crippen LogP contribution in [0, 0.1) is 5.92 Å². The smallest absolute Gasteiger partial charge is 0.222 e. The molecule has 3 rings (SSSR count). The summed E-state index contributed by atoms with van der Waals surface area (Å²) >= 11 is 6.44. The van der Waals surface area contributed by atoms with Gasteiger partial charge in [0.1, 0.15) is 0 Å². The summed E-state index contributed by atoms with van der Waals surface area (Å²) < 4.78 is 0. The molecule has 4 nitrogen and oxygen atoms in total. The topological polar surface area (TPSA) is 58.4 Å². The minimum Gasteiger partial charge on any atom is -0.370 e. The Balaban J connectivity index is 1.67. The second-order valence-corrected chi connectivity index (χ2v) is 6.54. The van der Waals surface area contributed by atoms with Gasteiger partial charge in [0.05, 0.1) is 16.6 Å². The van der Waals surface area contributed by atoms with Gasteiger partial charge in [-0.1, -0.05) is 17.7 Å². The molecule has 1 atom stereocenters. The monoisotopic (exact) mass is 307 g/mol. The van der Waals surface area contributed by atoms with Crippen LogP contribution >= 0.6 is 11.6 Å². The minimum absolute atomic E-state index is 0.0639. The van der Waals surface area contributed by atoms with E-state index in [0.717, 1.165) is 36.6 Å². The van der Waals surface area contributed by atoms with Crippen molar-refractivity contribution in [1.82, 2.24) is 5.32 Å². The summed E-state index contributed by atoms with van der Waals surface area (Å²) in [4.78, 5) is 13.6. The third-order valence-corrected chi connectivity index (χ3v) is 4.65. The largest absolute Gasteiger partial charge is 0.370 e. The molecule has 1 aliphatic heterocycles. The van der Waals surface area contributed by atoms with E-state index in [9.17, 15) is 4.79 Å². The van der Waals surface area contributed by atoms with Crippen molar-refractivity contribution in [2.24, 2.45) is 11.7 Å². The second kappa shape index (κ2) is 6.24. The molecular weight excluding hydrogens is 286 g/mol. The Morgan fingerprint density at radius 2 is 2.19 bits per heavy atom. The fourth-order valence-corrected chi connectivity index (χ4v) is 3.22. The summed E-state index contributed by atoms with van der Waals surface area (Å²) in [5.74, 6) is -0.271. The van der Waals surface area contributed by atoms with Crippen LogP contribution in [0.25, 0.3) is 0 Å². The first kappa shape index (κ1) is 14.7. The van der Waals surface area contributed by atoms with E-state index in [2.05, 4.69) is 22.3 Å². The number of carbonyl (C=O) groups excluding carboxylic acids is 1. The Morgan fingerprint density at radius 3 is 2.86 bits per heavy atom. The molecule has 1 unspecified atom stereocenters. The maximum absolute atomic E-state index is 11.4. The fraction of sp³-hybridized carbons (Fsp3) is 0.562. The quantitative estimate of drug-likeness (QED) is 0.877. The maximum Gasteiger partial charge on any atom is 0.222 e. The number of rotatable bonds is 5. The lowest BCUT2D eigenvalue weighted by Gasteiger charge is -2.33. The Hall–Kier alpha value is -1.26. The number of anilines is 1. The molecule has 2 fully saturated rings. The molecule has 0 aromatic heterocycles. The van der Waals surface area contributed by atoms with Gasteiger partial charge in [0, 0.05) is 25.7 Å². The highest BCUT2D eigenvalue weighted by Crippen LogP contribution is 2.31. The van der Waals surface area contributed by atoms with Crippen LogP contribution in [-0.2, 0) is 11.3 Å². The van der Waals surface area contributed by atoms with E-state index in [-0.39, 0.29) is 11.8 Å². The second-order valence-electron chi connectivity index (χ2n) is 6.13. The molecule has 114 valence electrons. The molecule has 1 heterocycles. The molecule has 1 saturated heterocycles. The molecule has 1 aromatic rings. The third-order valence-electron chi connectivity index (χ3n) is 4.35. The van der Waals surface area contributed by atoms with Gasteiger partial charge in [0.25, 0.3) is 0 Å². The van der Waals surface area contributed by atoms with Crippen LogP contribution in [-0.4, -0.2) is 25.0 Å². The Kier molecular flexibility index (Phi) is 4.36. The number of hydrogen-bond acceptors (Lipinski definition) is 3. The van der Waals surface area contributed by atoms with Crippen molar-refractivity contribution in [2.75, 3.05) is 18.0 Å². The highest BCUT2D eigenvalue weighted by Gasteiger charge is 2.25. The molecule has 0 bridgehead atoms. The number of hydrogen-bond donors (Lipinski definition) is 2. The number of nitrogens with zero attached hydrogens (tertiary/aromatic N) is 1. The van der Waals surface area contributed by atoms with Crippen LogP contribution in [0.4, 0.5) is 5.69 Å². The zero-order valence-electron chi connectivity index (χ0n) is 12.1. The number of carbonyl (C=O) groups is 1. The minimum atomic E-state index is -0.207. The van der Waals surface area contributed by atoms with Gasteiger partial charge in [-0.05, 0) is 43.4 Å². The number of nitrogens with one attached hydrogen (secondary N) is 1. The van der Waals surface area contributed by atoms with E-state index in [1.165, 1.54) is 18.4 Å². The van der Waals surface area contributed by atoms with E-state index in [4.69, 9.17) is 17.3 Å². The molecule has 3 N–H and O–H groups in total. The third kappa shape index (κ3) is 3.69. The number of nitrogens with two attached hydrogens (primary N) is 1. The predicted molar refractivity (Wildman–Crippen MR) is 85.4 cm³/mol. The van der Waals surface area contributed by atoms with Crippen LogP contribution in [0.5, 0.6) is 0 Å². The number of benzene rings is 1. The van der Waals surface area contributed by atoms with Crippen molar-refractivity contribution in [3.8, 4) is 0 Å². The van der Waals surface area contributed by atoms with Crippen molar-refractivity contribution in [3.63, 3.8) is 0 Å². The highest BCUT2D eigenvalue weighted by molar-refractivity contribution is 6.33. The van der Waals surface area contributed by atoms with Crippen LogP contribution in [0.3, 0.4) is 0 Å². The highest BCUT2D eigenvalue weighted by atomic mass is 35.5. The Labute approximate surface area is 130 Å². The maximum atomic E-state index is 11.4. The summed E-state index contributed by atoms with van der Waals surface area (Å²) in [7, 11) is 0. The van der Waals surface area contributed by atoms with Crippen LogP contribution in [0.2, 0.25) is 5.02 Å². The van der Waals surface area contributed by atoms with Crippen molar-refractivity contribution in [2.45, 2.75) is 38.3 Å². The van der Waals surface area contributed by atoms with Crippen molar-refractivity contribution >= 4 is 23.2 Å². The number of amides is 1. The summed E-state index contributed by atoms with van der Waals surface area (Å²) in [6, 6.07) is 6.90. The first-order valence-corrected chi connectivity index (χ1v) is 8.07. The number of piperidine rings is 1. The molecule has 1 aliphatic carbocycles. The summed E-state index contributed by atoms with van der Waals surface area (Å²) in [5.41, 5.74) is 7.66. The lowest BCUT2D eigenvalue weighted by molar-refractivity contribution is -0.122. The van der Waals surface area contributed by atoms with Gasteiger partial charge < -0.3 is 16.0 Å². The van der Waals surface area contributed by atoms with Gasteiger partial charge in [-0.25, -0.2) is 0 Å². The van der Waals surface area contributed by atoms with E-state index >= 15 is 0 Å². The van der Waals surface area contributed by atoms with E-state index in [1.54, 1.807) is 0 Å². The summed E-state index contributed by atoms with van der Waals surface area (Å²) in [5, 5.41) is 4.25. The fourth-order valence-electron chi connectivity index (χ4n) is 2.89. The molecule has 2 aliphatic rings. The van der Waals surface area contributed by atoms with E-state index < -0.39 is 0 Å². The molecule has 1 aromatic carbocycles. The summed E-state index contributed by atoms with van der Waals surface area (Å²) in [6.07, 6.45) is 4.43. The zero-order chi connectivity index (χ0) is 14.8. The lowest BCUT2D eigenvalue weighted by Crippen LogP contribution is -2.41. The first-order valence-electron chi connectivity index (χ1n) is 7.69. The molecule has 1 saturated carbocycles. The van der Waals surface area contributed by atoms with Gasteiger partial charge in [-0.2, -0.15) is 0 Å². The SMILES string of the molecule is NC(=O)C1CCCN(c2ccc(CNC3CC3)cc2Cl)C1. The first-order chi connectivity index (χ1) is 10.1. The van der Waals surface area contributed by atoms with Crippen molar-refractivity contribution in [3.05, 3.63) is 28.8 Å². The Morgan fingerprint density at radius 1 is 1.38 bits per heavy atom. The van der Waals surface area contributed by atoms with Crippen LogP contribution < -0.4 is 16.0 Å². The van der Waals surface area contributed by atoms with Crippen molar-refractivity contribution in [1.29, 1.82) is 0 Å². The zero-order valence-corrected chi connectivity index (χ0v) is 12.9. The van der Waals surface area contributed by atoms with Gasteiger partial charge in [-0.3, -0.25) is 4.79 Å². The average Bonchev–Trinajstić information content (AvgIpc) is 3.29. The van der Waals surface area contributed by atoms with Crippen LogP contribution in [0.15, 0.2) is 18.2 Å². The van der Waals surface area contributed by atoms with Gasteiger partial charge in [0.2, 0.25) is 5.91 Å². The molecule has 0 radical (unpaired) electrons. The van der Waals surface area contributed by atoms with Gasteiger partial charge in [0.15, 0.2) is 0 Å². The van der Waals surface area contributed by atoms with Gasteiger partial charge in [-0.15, -0.1) is 0 Å². The molecule has 0 spiro atoms. The van der Waals surface area contributed by atoms with Crippen molar-refractivity contribution < 1.29 is 4.79 Å². The van der Waals surface area contributed by atoms with Crippen LogP contribution in [0.1, 0.15) is 31.2 Å². The predicted octanol–water partition coefficient (Wildman–Crippen LogP) is 2.29. The number of primary amides is 1. The average molecular weight is 308 g/mol.